The van der Waals surface area contributed by atoms with Gasteiger partial charge in [-0.25, -0.2) is 9.59 Å². The fourth-order valence-corrected chi connectivity index (χ4v) is 1.81. The summed E-state index contributed by atoms with van der Waals surface area (Å²) in [5.74, 6) is -1.37. The molecule has 0 N–H and O–H groups in total. The molecule has 0 atom stereocenters. The fraction of sp³-hybridized carbons (Fsp3) is 0.583. The molecule has 0 aliphatic carbocycles. The largest absolute Gasteiger partial charge is 0.466 e. The summed E-state index contributed by atoms with van der Waals surface area (Å²) in [5.41, 5.74) is 0.0796. The molecule has 19 heavy (non-hydrogen) atoms. The van der Waals surface area contributed by atoms with Crippen molar-refractivity contribution in [3.63, 3.8) is 0 Å². The maximum atomic E-state index is 11.9. The second-order valence-corrected chi connectivity index (χ2v) is 3.78. The van der Waals surface area contributed by atoms with Crippen molar-refractivity contribution in [2.75, 3.05) is 40.5 Å². The highest BCUT2D eigenvalue weighted by atomic mass is 16.5. The Kier molecular flexibility index (Phi) is 6.01. The highest BCUT2D eigenvalue weighted by Crippen LogP contribution is 2.18. The molecule has 1 saturated heterocycles. The maximum Gasteiger partial charge on any atom is 0.354 e. The van der Waals surface area contributed by atoms with Crippen LogP contribution in [0.25, 0.3) is 0 Å². The quantitative estimate of drug-likeness (QED) is 0.379. The minimum absolute atomic E-state index is 0.00579. The van der Waals surface area contributed by atoms with Crippen LogP contribution in [0.15, 0.2) is 11.3 Å². The van der Waals surface area contributed by atoms with Crippen LogP contribution in [-0.4, -0.2) is 63.6 Å². The van der Waals surface area contributed by atoms with Gasteiger partial charge in [-0.3, -0.25) is 0 Å². The third-order valence-electron chi connectivity index (χ3n) is 2.71. The van der Waals surface area contributed by atoms with E-state index in [2.05, 4.69) is 9.47 Å². The molecule has 0 aromatic carbocycles. The molecule has 1 aliphatic heterocycles. The van der Waals surface area contributed by atoms with E-state index >= 15 is 0 Å². The van der Waals surface area contributed by atoms with E-state index in [1.165, 1.54) is 14.2 Å². The van der Waals surface area contributed by atoms with Gasteiger partial charge in [-0.2, -0.15) is 0 Å². The standard InChI is InChI=1S/C12H17NO6/c1-17-11(15)9(3-6-14)10(12(16)18-2)13-4-7-19-8-5-13/h6H,3-5,7-8H2,1-2H3/b10-9+. The molecular formula is C12H17NO6. The lowest BCUT2D eigenvalue weighted by Gasteiger charge is -2.30. The van der Waals surface area contributed by atoms with Crippen molar-refractivity contribution < 1.29 is 28.6 Å². The van der Waals surface area contributed by atoms with Crippen molar-refractivity contribution >= 4 is 18.2 Å². The van der Waals surface area contributed by atoms with E-state index in [-0.39, 0.29) is 17.7 Å². The average molecular weight is 271 g/mol. The molecule has 0 bridgehead atoms. The van der Waals surface area contributed by atoms with Gasteiger partial charge in [0.05, 0.1) is 33.0 Å². The Morgan fingerprint density at radius 2 is 1.74 bits per heavy atom. The third kappa shape index (κ3) is 3.78. The topological polar surface area (TPSA) is 82.1 Å². The fourth-order valence-electron chi connectivity index (χ4n) is 1.81. The Balaban J connectivity index is 3.18. The van der Waals surface area contributed by atoms with Crippen LogP contribution in [0.1, 0.15) is 6.42 Å². The SMILES string of the molecule is COC(=O)/C(CC=O)=C(\C(=O)OC)N1CCOCC1. The van der Waals surface area contributed by atoms with E-state index < -0.39 is 11.9 Å². The predicted molar refractivity (Wildman–Crippen MR) is 64.1 cm³/mol. The van der Waals surface area contributed by atoms with Crippen LogP contribution in [0.2, 0.25) is 0 Å². The predicted octanol–water partition coefficient (Wildman–Crippen LogP) is -0.492. The molecule has 1 rings (SSSR count). The van der Waals surface area contributed by atoms with E-state index in [1.54, 1.807) is 4.90 Å². The molecule has 1 aliphatic rings. The molecular weight excluding hydrogens is 254 g/mol. The number of methoxy groups -OCH3 is 2. The number of hydrogen-bond donors (Lipinski definition) is 0. The van der Waals surface area contributed by atoms with Gasteiger partial charge in [-0.15, -0.1) is 0 Å². The van der Waals surface area contributed by atoms with Crippen LogP contribution >= 0.6 is 0 Å². The second-order valence-electron chi connectivity index (χ2n) is 3.78. The average Bonchev–Trinajstić information content (AvgIpc) is 2.46. The molecule has 1 heterocycles. The van der Waals surface area contributed by atoms with Gasteiger partial charge >= 0.3 is 11.9 Å². The summed E-state index contributed by atoms with van der Waals surface area (Å²) < 4.78 is 14.5. The van der Waals surface area contributed by atoms with Crippen molar-refractivity contribution in [3.8, 4) is 0 Å². The number of morpholine rings is 1. The van der Waals surface area contributed by atoms with E-state index in [0.29, 0.717) is 32.6 Å². The van der Waals surface area contributed by atoms with Crippen LogP contribution in [0.3, 0.4) is 0 Å². The van der Waals surface area contributed by atoms with Gasteiger partial charge < -0.3 is 23.9 Å². The summed E-state index contributed by atoms with van der Waals surface area (Å²) in [4.78, 5) is 35.9. The van der Waals surface area contributed by atoms with E-state index in [0.717, 1.165) is 0 Å². The molecule has 1 fully saturated rings. The van der Waals surface area contributed by atoms with Gasteiger partial charge in [-0.1, -0.05) is 0 Å². The van der Waals surface area contributed by atoms with Crippen molar-refractivity contribution in [2.45, 2.75) is 6.42 Å². The minimum Gasteiger partial charge on any atom is -0.466 e. The lowest BCUT2D eigenvalue weighted by Crippen LogP contribution is -2.40. The molecule has 0 radical (unpaired) electrons. The summed E-state index contributed by atoms with van der Waals surface area (Å²) in [6.45, 7) is 1.78. The Bertz CT molecular complexity index is 384. The van der Waals surface area contributed by atoms with Crippen LogP contribution in [0.5, 0.6) is 0 Å². The number of nitrogens with zero attached hydrogens (tertiary/aromatic N) is 1. The zero-order valence-electron chi connectivity index (χ0n) is 11.0. The van der Waals surface area contributed by atoms with Crippen LogP contribution in [-0.2, 0) is 28.6 Å². The number of ether oxygens (including phenoxy) is 3. The monoisotopic (exact) mass is 271 g/mol. The minimum atomic E-state index is -0.709. The van der Waals surface area contributed by atoms with Crippen molar-refractivity contribution in [1.29, 1.82) is 0 Å². The summed E-state index contributed by atoms with van der Waals surface area (Å²) in [7, 11) is 2.42. The highest BCUT2D eigenvalue weighted by Gasteiger charge is 2.28. The van der Waals surface area contributed by atoms with Gasteiger partial charge in [-0.05, 0) is 0 Å². The van der Waals surface area contributed by atoms with Crippen LogP contribution < -0.4 is 0 Å². The molecule has 106 valence electrons. The third-order valence-corrected chi connectivity index (χ3v) is 2.71. The molecule has 7 nitrogen and oxygen atoms in total. The van der Waals surface area contributed by atoms with Crippen molar-refractivity contribution in [3.05, 3.63) is 11.3 Å². The van der Waals surface area contributed by atoms with Crippen molar-refractivity contribution in [2.24, 2.45) is 0 Å². The first-order chi connectivity index (χ1) is 9.15. The Hall–Kier alpha value is -1.89. The van der Waals surface area contributed by atoms with Gasteiger partial charge in [0.15, 0.2) is 0 Å². The summed E-state index contributed by atoms with van der Waals surface area (Å²) in [5, 5.41) is 0. The summed E-state index contributed by atoms with van der Waals surface area (Å²) in [6, 6.07) is 0. The molecule has 7 heteroatoms. The Morgan fingerprint density at radius 1 is 1.16 bits per heavy atom. The maximum absolute atomic E-state index is 11.9. The van der Waals surface area contributed by atoms with Gasteiger partial charge in [0.1, 0.15) is 12.0 Å². The zero-order valence-corrected chi connectivity index (χ0v) is 11.0. The smallest absolute Gasteiger partial charge is 0.354 e. The Morgan fingerprint density at radius 3 is 2.21 bits per heavy atom. The number of carbonyl (C=O) groups excluding carboxylic acids is 3. The molecule has 0 amide bonds. The van der Waals surface area contributed by atoms with Gasteiger partial charge in [0, 0.05) is 19.5 Å². The number of hydrogen-bond acceptors (Lipinski definition) is 7. The van der Waals surface area contributed by atoms with Crippen LogP contribution in [0.4, 0.5) is 0 Å². The van der Waals surface area contributed by atoms with E-state index in [4.69, 9.17) is 4.74 Å². The van der Waals surface area contributed by atoms with Crippen LogP contribution in [0, 0.1) is 0 Å². The van der Waals surface area contributed by atoms with Gasteiger partial charge in [0.25, 0.3) is 0 Å². The Labute approximate surface area is 111 Å². The van der Waals surface area contributed by atoms with E-state index in [1.807, 2.05) is 0 Å². The molecule has 0 unspecified atom stereocenters. The molecule has 0 aromatic rings. The molecule has 0 aromatic heterocycles. The number of aldehydes is 1. The van der Waals surface area contributed by atoms with Crippen molar-refractivity contribution in [1.82, 2.24) is 4.90 Å². The number of esters is 2. The first-order valence-corrected chi connectivity index (χ1v) is 5.81. The van der Waals surface area contributed by atoms with E-state index in [9.17, 15) is 14.4 Å². The molecule has 0 spiro atoms. The summed E-state index contributed by atoms with van der Waals surface area (Å²) >= 11 is 0. The first-order valence-electron chi connectivity index (χ1n) is 5.81. The number of rotatable bonds is 5. The summed E-state index contributed by atoms with van der Waals surface area (Å²) in [6.07, 6.45) is 0.351. The molecule has 0 saturated carbocycles. The van der Waals surface area contributed by atoms with Gasteiger partial charge in [0.2, 0.25) is 0 Å². The normalized spacial score (nSPS) is 16.4. The lowest BCUT2D eigenvalue weighted by atomic mass is 10.1. The first kappa shape index (κ1) is 15.2. The number of carbonyl (C=O) groups is 3. The highest BCUT2D eigenvalue weighted by molar-refractivity contribution is 6.01. The lowest BCUT2D eigenvalue weighted by molar-refractivity contribution is -0.141. The zero-order chi connectivity index (χ0) is 14.3. The second kappa shape index (κ2) is 7.52.